The third-order valence-electron chi connectivity index (χ3n) is 6.84. The molecule has 1 atom stereocenters. The molecule has 4 aromatic rings. The highest BCUT2D eigenvalue weighted by Gasteiger charge is 2.47. The molecule has 2 amide bonds. The first-order valence-electron chi connectivity index (χ1n) is 12.3. The zero-order valence-electron chi connectivity index (χ0n) is 21.1. The van der Waals surface area contributed by atoms with Gasteiger partial charge in [-0.25, -0.2) is 8.42 Å². The summed E-state index contributed by atoms with van der Waals surface area (Å²) in [5, 5.41) is 20.4. The summed E-state index contributed by atoms with van der Waals surface area (Å²) in [4.78, 5) is 32.9. The summed E-state index contributed by atoms with van der Waals surface area (Å²) in [5.74, 6) is -1.99. The van der Waals surface area contributed by atoms with Crippen molar-refractivity contribution < 1.29 is 32.6 Å². The molecule has 0 saturated carbocycles. The molecule has 3 heterocycles. The van der Waals surface area contributed by atoms with Crippen molar-refractivity contribution in [2.24, 2.45) is 0 Å². The Labute approximate surface area is 233 Å². The van der Waals surface area contributed by atoms with Crippen LogP contribution in [0.15, 0.2) is 89.8 Å². The molecule has 6 rings (SSSR count). The Morgan fingerprint density at radius 3 is 2.44 bits per heavy atom. The van der Waals surface area contributed by atoms with E-state index < -0.39 is 33.6 Å². The van der Waals surface area contributed by atoms with Gasteiger partial charge in [-0.15, -0.1) is 0 Å². The molecule has 1 unspecified atom stereocenters. The van der Waals surface area contributed by atoms with Gasteiger partial charge in [-0.2, -0.15) is 5.26 Å². The van der Waals surface area contributed by atoms with Crippen LogP contribution in [0.4, 0.5) is 5.69 Å². The van der Waals surface area contributed by atoms with E-state index >= 15 is 0 Å². The number of hydrogen-bond acceptors (Lipinski definition) is 9. The fraction of sp³-hybridized carbons (Fsp3) is 0.103. The molecule has 0 fully saturated rings. The highest BCUT2D eigenvalue weighted by Crippen LogP contribution is 2.44. The number of aromatic hydroxyl groups is 1. The number of nitrogens with zero attached hydrogens (tertiary/aromatic N) is 3. The van der Waals surface area contributed by atoms with E-state index in [1.165, 1.54) is 48.9 Å². The number of hydrogen-bond donors (Lipinski definition) is 2. The maximum Gasteiger partial charge on any atom is 0.266 e. The third-order valence-corrected chi connectivity index (χ3v) is 8.20. The maximum atomic E-state index is 14.1. The number of nitriles is 1. The first kappa shape index (κ1) is 25.8. The summed E-state index contributed by atoms with van der Waals surface area (Å²) in [6.07, 6.45) is 2.87. The Bertz CT molecular complexity index is 1900. The van der Waals surface area contributed by atoms with Gasteiger partial charge in [0, 0.05) is 18.0 Å². The minimum absolute atomic E-state index is 0.0638. The van der Waals surface area contributed by atoms with Gasteiger partial charge in [-0.1, -0.05) is 30.3 Å². The van der Waals surface area contributed by atoms with Gasteiger partial charge in [0.25, 0.3) is 21.8 Å². The molecule has 0 saturated heterocycles. The van der Waals surface area contributed by atoms with Gasteiger partial charge >= 0.3 is 0 Å². The Morgan fingerprint density at radius 1 is 1.02 bits per heavy atom. The minimum Gasteiger partial charge on any atom is -0.505 e. The van der Waals surface area contributed by atoms with E-state index in [0.29, 0.717) is 0 Å². The van der Waals surface area contributed by atoms with Crippen LogP contribution in [0.2, 0.25) is 0 Å². The summed E-state index contributed by atoms with van der Waals surface area (Å²) in [5.41, 5.74) is 0.0907. The zero-order valence-corrected chi connectivity index (χ0v) is 22.0. The number of carbonyl (C=O) groups excluding carboxylic acids is 2. The van der Waals surface area contributed by atoms with Crippen LogP contribution in [0, 0.1) is 11.3 Å². The number of fused-ring (bicyclic) bond motifs is 2. The lowest BCUT2D eigenvalue weighted by molar-refractivity contribution is 0.0451. The highest BCUT2D eigenvalue weighted by atomic mass is 32.2. The van der Waals surface area contributed by atoms with Gasteiger partial charge in [-0.05, 0) is 42.0 Å². The zero-order chi connectivity index (χ0) is 28.7. The molecule has 0 bridgehead atoms. The van der Waals surface area contributed by atoms with Gasteiger partial charge in [0.15, 0.2) is 11.5 Å². The first-order valence-corrected chi connectivity index (χ1v) is 13.8. The number of carbonyl (C=O) groups is 2. The van der Waals surface area contributed by atoms with Crippen molar-refractivity contribution in [3.63, 3.8) is 0 Å². The van der Waals surface area contributed by atoms with Crippen molar-refractivity contribution in [2.45, 2.75) is 17.4 Å². The summed E-state index contributed by atoms with van der Waals surface area (Å²) >= 11 is 0. The Balaban J connectivity index is 1.50. The monoisotopic (exact) mass is 568 g/mol. The maximum absolute atomic E-state index is 14.1. The van der Waals surface area contributed by atoms with Crippen LogP contribution >= 0.6 is 0 Å². The smallest absolute Gasteiger partial charge is 0.266 e. The fourth-order valence-corrected chi connectivity index (χ4v) is 6.01. The number of phenolic OH excluding ortho intramolecular Hbond substituents is 1. The Kier molecular flexibility index (Phi) is 6.28. The van der Waals surface area contributed by atoms with E-state index in [1.807, 2.05) is 36.4 Å². The van der Waals surface area contributed by atoms with Gasteiger partial charge in [0.1, 0.15) is 17.8 Å². The van der Waals surface area contributed by atoms with Crippen LogP contribution in [-0.4, -0.2) is 48.1 Å². The normalized spacial score (nSPS) is 15.1. The molecule has 0 radical (unpaired) electrons. The van der Waals surface area contributed by atoms with E-state index in [9.17, 15) is 23.1 Å². The van der Waals surface area contributed by atoms with Crippen molar-refractivity contribution in [3.8, 4) is 11.8 Å². The van der Waals surface area contributed by atoms with E-state index in [-0.39, 0.29) is 57.1 Å². The van der Waals surface area contributed by atoms with Gasteiger partial charge in [-0.3, -0.25) is 24.2 Å². The molecule has 0 spiro atoms. The molecule has 2 aliphatic heterocycles. The van der Waals surface area contributed by atoms with Gasteiger partial charge in [0.05, 0.1) is 33.3 Å². The first-order chi connectivity index (χ1) is 19.8. The second-order valence-electron chi connectivity index (χ2n) is 9.25. The second-order valence-corrected chi connectivity index (χ2v) is 10.9. The van der Waals surface area contributed by atoms with Gasteiger partial charge < -0.3 is 14.6 Å². The number of phenols is 1. The molecular formula is C29H20N4O7S. The van der Waals surface area contributed by atoms with Crippen LogP contribution in [0.25, 0.3) is 10.9 Å². The lowest BCUT2D eigenvalue weighted by atomic mass is 10.0. The topological polar surface area (TPSA) is 159 Å². The van der Waals surface area contributed by atoms with E-state index in [2.05, 4.69) is 9.71 Å². The number of anilines is 1. The van der Waals surface area contributed by atoms with Crippen LogP contribution < -0.4 is 4.72 Å². The number of sulfonamides is 1. The number of aromatic nitrogens is 1. The molecule has 11 nitrogen and oxygen atoms in total. The van der Waals surface area contributed by atoms with E-state index in [4.69, 9.17) is 14.7 Å². The molecule has 204 valence electrons. The second kappa shape index (κ2) is 9.96. The number of pyridine rings is 1. The SMILES string of the molecule is N#Cc1ccc(S(=O)(=O)Nc2c3c(c(O)c4ncccc24)C(=O)N(C(Cc2ccccc2)C2=COCO2)C3=O)cc1. The van der Waals surface area contributed by atoms with E-state index in [1.54, 1.807) is 0 Å². The minimum atomic E-state index is -4.31. The molecule has 41 heavy (non-hydrogen) atoms. The predicted octanol–water partition coefficient (Wildman–Crippen LogP) is 3.67. The summed E-state index contributed by atoms with van der Waals surface area (Å²) in [6, 6.07) is 18.3. The predicted molar refractivity (Wildman–Crippen MR) is 145 cm³/mol. The van der Waals surface area contributed by atoms with Crippen LogP contribution in [-0.2, 0) is 25.9 Å². The van der Waals surface area contributed by atoms with E-state index in [0.717, 1.165) is 10.5 Å². The Hall–Kier alpha value is -5.41. The third kappa shape index (κ3) is 4.38. The van der Waals surface area contributed by atoms with Crippen molar-refractivity contribution in [1.82, 2.24) is 9.88 Å². The van der Waals surface area contributed by atoms with Crippen LogP contribution in [0.3, 0.4) is 0 Å². The molecule has 12 heteroatoms. The number of benzene rings is 3. The molecule has 2 aliphatic rings. The van der Waals surface area contributed by atoms with Crippen molar-refractivity contribution in [2.75, 3.05) is 11.5 Å². The summed E-state index contributed by atoms with van der Waals surface area (Å²) in [6.45, 7) is -0.0987. The van der Waals surface area contributed by atoms with Crippen molar-refractivity contribution >= 4 is 38.4 Å². The summed E-state index contributed by atoms with van der Waals surface area (Å²) < 4.78 is 40.1. The largest absolute Gasteiger partial charge is 0.505 e. The number of amides is 2. The summed E-state index contributed by atoms with van der Waals surface area (Å²) in [7, 11) is -4.31. The molecular weight excluding hydrogens is 548 g/mol. The van der Waals surface area contributed by atoms with Crippen LogP contribution in [0.1, 0.15) is 31.8 Å². The molecule has 0 aliphatic carbocycles. The molecule has 2 N–H and O–H groups in total. The van der Waals surface area contributed by atoms with Gasteiger partial charge in [0.2, 0.25) is 6.79 Å². The standard InChI is InChI=1S/C29H20N4O7S/c30-14-18-8-10-19(11-9-18)41(37,38)32-25-20-7-4-12-31-26(20)27(34)24-23(25)28(35)33(29(24)36)21(22-15-39-16-40-22)13-17-5-2-1-3-6-17/h1-12,15,21,32,34H,13,16H2. The molecule has 1 aromatic heterocycles. The lowest BCUT2D eigenvalue weighted by Crippen LogP contribution is -2.42. The van der Waals surface area contributed by atoms with Crippen molar-refractivity contribution in [3.05, 3.63) is 107 Å². The molecule has 3 aromatic carbocycles. The quantitative estimate of drug-likeness (QED) is 0.251. The lowest BCUT2D eigenvalue weighted by Gasteiger charge is -2.26. The fourth-order valence-electron chi connectivity index (χ4n) is 4.92. The number of ether oxygens (including phenoxy) is 2. The number of imide groups is 1. The van der Waals surface area contributed by atoms with Crippen molar-refractivity contribution in [1.29, 1.82) is 5.26 Å². The number of nitrogens with one attached hydrogen (secondary N) is 1. The number of rotatable bonds is 7. The van der Waals surface area contributed by atoms with Crippen LogP contribution in [0.5, 0.6) is 5.75 Å². The Morgan fingerprint density at radius 2 is 1.76 bits per heavy atom. The average Bonchev–Trinajstić information content (AvgIpc) is 3.61. The highest BCUT2D eigenvalue weighted by molar-refractivity contribution is 7.92. The average molecular weight is 569 g/mol.